The second kappa shape index (κ2) is 7.60. The first kappa shape index (κ1) is 20.1. The first-order valence-electron chi connectivity index (χ1n) is 8.57. The summed E-state index contributed by atoms with van der Waals surface area (Å²) >= 11 is 0. The summed E-state index contributed by atoms with van der Waals surface area (Å²) in [6.07, 6.45) is 3.77. The summed E-state index contributed by atoms with van der Waals surface area (Å²) in [7, 11) is 0. The molecule has 1 aliphatic carbocycles. The Hall–Kier alpha value is -2.18. The van der Waals surface area contributed by atoms with E-state index in [-0.39, 0.29) is 12.0 Å². The van der Waals surface area contributed by atoms with Crippen LogP contribution in [0.2, 0.25) is 0 Å². The van der Waals surface area contributed by atoms with E-state index < -0.39 is 41.8 Å². The fourth-order valence-electron chi connectivity index (χ4n) is 3.05. The van der Waals surface area contributed by atoms with Crippen LogP contribution in [0.1, 0.15) is 34.1 Å². The van der Waals surface area contributed by atoms with Gasteiger partial charge >= 0.3 is 11.9 Å². The highest BCUT2D eigenvalue weighted by atomic mass is 16.6. The molecule has 0 amide bonds. The normalized spacial score (nSPS) is 35.5. The van der Waals surface area contributed by atoms with E-state index in [1.807, 2.05) is 0 Å². The quantitative estimate of drug-likeness (QED) is 0.443. The van der Waals surface area contributed by atoms with Gasteiger partial charge in [-0.05, 0) is 39.3 Å². The number of hydrogen-bond donors (Lipinski definition) is 2. The lowest BCUT2D eigenvalue weighted by Crippen LogP contribution is -2.40. The minimum absolute atomic E-state index is 0.0304. The Balaban J connectivity index is 2.48. The number of carbonyl (C=O) groups excluding carboxylic acids is 2. The molecule has 1 heterocycles. The van der Waals surface area contributed by atoms with Gasteiger partial charge in [0, 0.05) is 17.6 Å². The van der Waals surface area contributed by atoms with Gasteiger partial charge in [0.2, 0.25) is 0 Å². The van der Waals surface area contributed by atoms with E-state index in [9.17, 15) is 19.8 Å². The molecular formula is C20H26O6. The second-order valence-corrected chi connectivity index (χ2v) is 7.11. The van der Waals surface area contributed by atoms with E-state index in [1.54, 1.807) is 39.8 Å². The summed E-state index contributed by atoms with van der Waals surface area (Å²) in [5.41, 5.74) is -0.188. The Bertz CT molecular complexity index is 697. The van der Waals surface area contributed by atoms with Crippen molar-refractivity contribution >= 4 is 11.9 Å². The van der Waals surface area contributed by atoms with Crippen LogP contribution in [0, 0.1) is 5.92 Å². The lowest BCUT2D eigenvalue weighted by atomic mass is 9.82. The predicted octanol–water partition coefficient (Wildman–Crippen LogP) is 1.98. The van der Waals surface area contributed by atoms with E-state index in [2.05, 4.69) is 6.58 Å². The highest BCUT2D eigenvalue weighted by molar-refractivity contribution is 5.92. The number of hydrogen-bond acceptors (Lipinski definition) is 6. The van der Waals surface area contributed by atoms with Crippen LogP contribution in [0.5, 0.6) is 0 Å². The zero-order chi connectivity index (χ0) is 19.6. The fraction of sp³-hybridized carbons (Fsp3) is 0.500. The summed E-state index contributed by atoms with van der Waals surface area (Å²) < 4.78 is 11.0. The first-order chi connectivity index (χ1) is 12.1. The van der Waals surface area contributed by atoms with Crippen LogP contribution < -0.4 is 0 Å². The van der Waals surface area contributed by atoms with Crippen LogP contribution in [0.3, 0.4) is 0 Å². The summed E-state index contributed by atoms with van der Waals surface area (Å²) in [5, 5.41) is 20.9. The molecule has 26 heavy (non-hydrogen) atoms. The number of aliphatic hydroxyl groups is 2. The second-order valence-electron chi connectivity index (χ2n) is 7.11. The Kier molecular flexibility index (Phi) is 5.88. The molecule has 1 fully saturated rings. The molecule has 0 aromatic heterocycles. The van der Waals surface area contributed by atoms with Crippen molar-refractivity contribution in [1.29, 1.82) is 0 Å². The van der Waals surface area contributed by atoms with Crippen LogP contribution in [-0.4, -0.2) is 46.1 Å². The summed E-state index contributed by atoms with van der Waals surface area (Å²) in [4.78, 5) is 24.4. The number of aliphatic hydroxyl groups excluding tert-OH is 1. The van der Waals surface area contributed by atoms with E-state index in [4.69, 9.17) is 9.47 Å². The van der Waals surface area contributed by atoms with Crippen molar-refractivity contribution in [2.24, 2.45) is 5.92 Å². The van der Waals surface area contributed by atoms with Gasteiger partial charge in [-0.25, -0.2) is 9.59 Å². The van der Waals surface area contributed by atoms with Crippen molar-refractivity contribution in [2.45, 2.75) is 58.0 Å². The van der Waals surface area contributed by atoms with Crippen molar-refractivity contribution in [3.8, 4) is 0 Å². The lowest BCUT2D eigenvalue weighted by molar-refractivity contribution is -0.150. The van der Waals surface area contributed by atoms with Crippen LogP contribution in [-0.2, 0) is 19.1 Å². The molecule has 5 unspecified atom stereocenters. The van der Waals surface area contributed by atoms with Crippen molar-refractivity contribution in [2.75, 3.05) is 0 Å². The monoisotopic (exact) mass is 362 g/mol. The highest BCUT2D eigenvalue weighted by Gasteiger charge is 2.46. The average Bonchev–Trinajstić information content (AvgIpc) is 2.84. The molecule has 142 valence electrons. The molecule has 1 saturated heterocycles. The average molecular weight is 362 g/mol. The van der Waals surface area contributed by atoms with Crippen molar-refractivity contribution in [3.63, 3.8) is 0 Å². The minimum atomic E-state index is -1.36. The molecule has 0 saturated carbocycles. The first-order valence-corrected chi connectivity index (χ1v) is 8.57. The van der Waals surface area contributed by atoms with E-state index in [1.165, 1.54) is 12.2 Å². The number of carbonyl (C=O) groups is 2. The number of ether oxygens (including phenoxy) is 2. The third-order valence-corrected chi connectivity index (χ3v) is 4.82. The Morgan fingerprint density at radius 1 is 1.50 bits per heavy atom. The van der Waals surface area contributed by atoms with Gasteiger partial charge in [0.1, 0.15) is 12.2 Å². The molecule has 1 aliphatic heterocycles. The largest absolute Gasteiger partial charge is 0.458 e. The number of esters is 2. The van der Waals surface area contributed by atoms with Gasteiger partial charge in [0.05, 0.1) is 17.6 Å². The van der Waals surface area contributed by atoms with Crippen molar-refractivity contribution in [3.05, 3.63) is 47.6 Å². The van der Waals surface area contributed by atoms with Gasteiger partial charge in [0.15, 0.2) is 0 Å². The van der Waals surface area contributed by atoms with Crippen LogP contribution in [0.25, 0.3) is 0 Å². The smallest absolute Gasteiger partial charge is 0.334 e. The molecule has 5 atom stereocenters. The molecule has 6 heteroatoms. The predicted molar refractivity (Wildman–Crippen MR) is 96.0 cm³/mol. The van der Waals surface area contributed by atoms with Gasteiger partial charge < -0.3 is 19.7 Å². The molecule has 0 radical (unpaired) electrons. The number of fused-ring (bicyclic) bond motifs is 1. The fourth-order valence-corrected chi connectivity index (χ4v) is 3.05. The van der Waals surface area contributed by atoms with Gasteiger partial charge in [-0.2, -0.15) is 0 Å². The lowest BCUT2D eigenvalue weighted by Gasteiger charge is -2.32. The molecule has 0 spiro atoms. The maximum Gasteiger partial charge on any atom is 0.334 e. The Labute approximate surface area is 153 Å². The molecule has 0 aromatic carbocycles. The van der Waals surface area contributed by atoms with Crippen LogP contribution >= 0.6 is 0 Å². The third kappa shape index (κ3) is 4.31. The van der Waals surface area contributed by atoms with E-state index >= 15 is 0 Å². The third-order valence-electron chi connectivity index (χ3n) is 4.82. The molecule has 2 N–H and O–H groups in total. The summed E-state index contributed by atoms with van der Waals surface area (Å²) in [5.74, 6) is -1.74. The highest BCUT2D eigenvalue weighted by Crippen LogP contribution is 2.37. The van der Waals surface area contributed by atoms with E-state index in [0.717, 1.165) is 0 Å². The van der Waals surface area contributed by atoms with Crippen LogP contribution in [0.4, 0.5) is 0 Å². The molecule has 0 aromatic rings. The maximum atomic E-state index is 12.3. The van der Waals surface area contributed by atoms with Crippen molar-refractivity contribution in [1.82, 2.24) is 0 Å². The standard InChI is InChI=1S/C20H26O6/c1-6-11(2)18(22)26-16-10-20(5,24)8-7-14(21)12(3)9-15-17(16)13(4)19(23)25-15/h6-9,14-17,21,24H,4,10H2,1-3,5H3. The SMILES string of the molecule is C=C1C(=O)OC2C=C(C)C(O)C=CC(C)(O)CC(OC(=O)C(C)=CC)C12. The minimum Gasteiger partial charge on any atom is -0.458 e. The summed E-state index contributed by atoms with van der Waals surface area (Å²) in [6.45, 7) is 10.4. The zero-order valence-electron chi connectivity index (χ0n) is 15.6. The summed E-state index contributed by atoms with van der Waals surface area (Å²) in [6, 6.07) is 0. The van der Waals surface area contributed by atoms with Crippen molar-refractivity contribution < 1.29 is 29.3 Å². The topological polar surface area (TPSA) is 93.1 Å². The Morgan fingerprint density at radius 3 is 2.77 bits per heavy atom. The van der Waals surface area contributed by atoms with Gasteiger partial charge in [-0.1, -0.05) is 24.8 Å². The molecule has 0 bridgehead atoms. The number of allylic oxidation sites excluding steroid dienone is 1. The molecule has 2 rings (SSSR count). The van der Waals surface area contributed by atoms with E-state index in [0.29, 0.717) is 11.1 Å². The number of rotatable bonds is 2. The maximum absolute atomic E-state index is 12.3. The molecule has 6 nitrogen and oxygen atoms in total. The van der Waals surface area contributed by atoms with Crippen LogP contribution in [0.15, 0.2) is 47.6 Å². The zero-order valence-corrected chi connectivity index (χ0v) is 15.6. The van der Waals surface area contributed by atoms with Gasteiger partial charge in [-0.3, -0.25) is 0 Å². The Morgan fingerprint density at radius 2 is 2.15 bits per heavy atom. The molecule has 2 aliphatic rings. The van der Waals surface area contributed by atoms with Gasteiger partial charge in [0.25, 0.3) is 0 Å². The molecular weight excluding hydrogens is 336 g/mol. The van der Waals surface area contributed by atoms with Gasteiger partial charge in [-0.15, -0.1) is 0 Å².